The van der Waals surface area contributed by atoms with Gasteiger partial charge in [0.1, 0.15) is 22.6 Å². The van der Waals surface area contributed by atoms with Crippen molar-refractivity contribution in [2.24, 2.45) is 0 Å². The number of aromatic nitrogens is 1. The number of hydrogen-bond acceptors (Lipinski definition) is 9. The van der Waals surface area contributed by atoms with Gasteiger partial charge in [0, 0.05) is 14.2 Å². The van der Waals surface area contributed by atoms with E-state index in [4.69, 9.17) is 14.2 Å². The zero-order valence-corrected chi connectivity index (χ0v) is 22.1. The summed E-state index contributed by atoms with van der Waals surface area (Å²) in [6, 6.07) is 6.20. The number of Topliss-reactive ketones (excluding diaryl/α,β-unsaturated/α-hetero) is 1. The van der Waals surface area contributed by atoms with Gasteiger partial charge in [0.2, 0.25) is 11.8 Å². The summed E-state index contributed by atoms with van der Waals surface area (Å²) < 4.78 is 15.6. The van der Waals surface area contributed by atoms with Gasteiger partial charge in [-0.15, -0.1) is 11.3 Å². The Kier molecular flexibility index (Phi) is 9.86. The fraction of sp³-hybridized carbons (Fsp3) is 0.480. The van der Waals surface area contributed by atoms with Gasteiger partial charge in [0.05, 0.1) is 37.1 Å². The van der Waals surface area contributed by atoms with Gasteiger partial charge in [-0.25, -0.2) is 4.98 Å². The number of carbonyl (C=O) groups is 4. The molecule has 12 heteroatoms. The molecule has 3 rings (SSSR count). The van der Waals surface area contributed by atoms with Crippen LogP contribution in [0.2, 0.25) is 0 Å². The van der Waals surface area contributed by atoms with Crippen LogP contribution in [0.4, 0.5) is 0 Å². The number of hydrogen-bond donors (Lipinski definition) is 3. The monoisotopic (exact) mass is 532 g/mol. The summed E-state index contributed by atoms with van der Waals surface area (Å²) in [4.78, 5) is 56.3. The first-order valence-corrected chi connectivity index (χ1v) is 12.5. The van der Waals surface area contributed by atoms with Crippen molar-refractivity contribution < 1.29 is 33.4 Å². The van der Waals surface area contributed by atoms with E-state index in [0.717, 1.165) is 5.56 Å². The average Bonchev–Trinajstić information content (AvgIpc) is 3.48. The predicted octanol–water partition coefficient (Wildman–Crippen LogP) is 0.413. The maximum Gasteiger partial charge on any atom is 0.263 e. The molecule has 3 N–H and O–H groups in total. The highest BCUT2D eigenvalue weighted by Gasteiger charge is 2.50. The van der Waals surface area contributed by atoms with Gasteiger partial charge in [-0.1, -0.05) is 30.3 Å². The molecule has 2 heterocycles. The van der Waals surface area contributed by atoms with E-state index in [-0.39, 0.29) is 32.0 Å². The summed E-state index contributed by atoms with van der Waals surface area (Å²) in [6.45, 7) is 3.44. The minimum Gasteiger partial charge on any atom is -0.382 e. The van der Waals surface area contributed by atoms with E-state index < -0.39 is 41.4 Å². The third-order valence-electron chi connectivity index (χ3n) is 5.78. The van der Waals surface area contributed by atoms with Crippen molar-refractivity contribution in [3.05, 3.63) is 52.0 Å². The highest BCUT2D eigenvalue weighted by atomic mass is 32.1. The standard InChI is InChI=1S/C25H32N4O7S/c1-15-26-11-20(37-15)24(33)29-19(13-35-4)23(32)28-18(12-34-3)22(31)27-17(21(30)25(2)14-36-25)10-16-8-6-5-7-9-16/h5-9,11,17-19H,10,12-14H2,1-4H3,(H,27,31)(H,28,32)(H,29,33)/t17-,18-,19-,25+/m1/s1. The van der Waals surface area contributed by atoms with Gasteiger partial charge >= 0.3 is 0 Å². The summed E-state index contributed by atoms with van der Waals surface area (Å²) in [5.41, 5.74) is -0.0887. The molecule has 200 valence electrons. The van der Waals surface area contributed by atoms with Crippen LogP contribution >= 0.6 is 11.3 Å². The summed E-state index contributed by atoms with van der Waals surface area (Å²) in [7, 11) is 2.78. The second kappa shape index (κ2) is 12.9. The molecular formula is C25H32N4O7S. The molecule has 37 heavy (non-hydrogen) atoms. The van der Waals surface area contributed by atoms with Crippen LogP contribution in [0.5, 0.6) is 0 Å². The van der Waals surface area contributed by atoms with Crippen molar-refractivity contribution in [1.29, 1.82) is 0 Å². The van der Waals surface area contributed by atoms with Crippen LogP contribution in [0.25, 0.3) is 0 Å². The summed E-state index contributed by atoms with van der Waals surface area (Å²) in [6.07, 6.45) is 1.68. The number of nitrogens with zero attached hydrogens (tertiary/aromatic N) is 1. The Hall–Kier alpha value is -3.19. The van der Waals surface area contributed by atoms with Crippen LogP contribution in [-0.4, -0.2) is 86.3 Å². The topological polar surface area (TPSA) is 148 Å². The fourth-order valence-electron chi connectivity index (χ4n) is 3.62. The molecule has 3 amide bonds. The molecule has 4 atom stereocenters. The smallest absolute Gasteiger partial charge is 0.263 e. The van der Waals surface area contributed by atoms with Crippen LogP contribution in [0.1, 0.15) is 27.2 Å². The van der Waals surface area contributed by atoms with Gasteiger partial charge in [-0.2, -0.15) is 0 Å². The van der Waals surface area contributed by atoms with Crippen LogP contribution in [-0.2, 0) is 35.0 Å². The molecule has 0 aliphatic carbocycles. The maximum absolute atomic E-state index is 13.2. The highest BCUT2D eigenvalue weighted by molar-refractivity contribution is 7.13. The van der Waals surface area contributed by atoms with Gasteiger partial charge in [0.15, 0.2) is 5.78 Å². The Morgan fingerprint density at radius 2 is 1.57 bits per heavy atom. The van der Waals surface area contributed by atoms with Gasteiger partial charge in [-0.3, -0.25) is 19.2 Å². The van der Waals surface area contributed by atoms with E-state index in [2.05, 4.69) is 20.9 Å². The largest absolute Gasteiger partial charge is 0.382 e. The second-order valence-electron chi connectivity index (χ2n) is 8.88. The van der Waals surface area contributed by atoms with Crippen LogP contribution in [0.3, 0.4) is 0 Å². The number of ether oxygens (including phenoxy) is 3. The highest BCUT2D eigenvalue weighted by Crippen LogP contribution is 2.29. The molecule has 0 saturated carbocycles. The summed E-state index contributed by atoms with van der Waals surface area (Å²) >= 11 is 1.19. The number of benzene rings is 1. The van der Waals surface area contributed by atoms with Crippen LogP contribution in [0.15, 0.2) is 36.5 Å². The number of epoxide rings is 1. The molecule has 1 fully saturated rings. The molecule has 1 aromatic heterocycles. The number of carbonyl (C=O) groups excluding carboxylic acids is 4. The lowest BCUT2D eigenvalue weighted by molar-refractivity contribution is -0.134. The Labute approximate surface area is 219 Å². The molecule has 2 aromatic rings. The molecule has 0 bridgehead atoms. The molecule has 0 spiro atoms. The predicted molar refractivity (Wildman–Crippen MR) is 135 cm³/mol. The third-order valence-corrected chi connectivity index (χ3v) is 6.69. The molecule has 1 saturated heterocycles. The van der Waals surface area contributed by atoms with Crippen molar-refractivity contribution >= 4 is 34.8 Å². The van der Waals surface area contributed by atoms with E-state index in [1.165, 1.54) is 31.8 Å². The first-order valence-electron chi connectivity index (χ1n) is 11.7. The number of methoxy groups -OCH3 is 2. The van der Waals surface area contributed by atoms with E-state index in [1.807, 2.05) is 30.3 Å². The van der Waals surface area contributed by atoms with E-state index in [1.54, 1.807) is 13.8 Å². The van der Waals surface area contributed by atoms with Crippen LogP contribution in [0, 0.1) is 6.92 Å². The van der Waals surface area contributed by atoms with Gasteiger partial charge in [-0.05, 0) is 25.8 Å². The first kappa shape index (κ1) is 28.4. The fourth-order valence-corrected chi connectivity index (χ4v) is 4.30. The second-order valence-corrected chi connectivity index (χ2v) is 10.1. The lowest BCUT2D eigenvalue weighted by Gasteiger charge is -2.25. The van der Waals surface area contributed by atoms with Gasteiger partial charge in [0.25, 0.3) is 5.91 Å². The summed E-state index contributed by atoms with van der Waals surface area (Å²) in [5, 5.41) is 8.67. The van der Waals surface area contributed by atoms with Crippen LogP contribution < -0.4 is 16.0 Å². The minimum absolute atomic E-state index is 0.124. The maximum atomic E-state index is 13.2. The van der Waals surface area contributed by atoms with E-state index in [0.29, 0.717) is 9.88 Å². The number of nitrogens with one attached hydrogen (secondary N) is 3. The molecule has 1 aliphatic heterocycles. The SMILES string of the molecule is COC[C@@H](NC(=O)c1cnc(C)s1)C(=O)N[C@H](COC)C(=O)N[C@H](Cc1ccccc1)C(=O)[C@]1(C)CO1. The molecule has 0 unspecified atom stereocenters. The van der Waals surface area contributed by atoms with Crippen molar-refractivity contribution in [2.45, 2.75) is 44.0 Å². The number of rotatable bonds is 14. The number of aryl methyl sites for hydroxylation is 1. The van der Waals surface area contributed by atoms with Gasteiger partial charge < -0.3 is 30.2 Å². The number of amides is 3. The quantitative estimate of drug-likeness (QED) is 0.297. The Morgan fingerprint density at radius 1 is 1.00 bits per heavy atom. The molecular weight excluding hydrogens is 500 g/mol. The normalized spacial score (nSPS) is 18.8. The van der Waals surface area contributed by atoms with Crippen molar-refractivity contribution in [3.63, 3.8) is 0 Å². The number of ketones is 1. The minimum atomic E-state index is -1.13. The van der Waals surface area contributed by atoms with Crippen molar-refractivity contribution in [2.75, 3.05) is 34.0 Å². The zero-order chi connectivity index (χ0) is 27.0. The van der Waals surface area contributed by atoms with Crippen molar-refractivity contribution in [1.82, 2.24) is 20.9 Å². The molecule has 1 aliphatic rings. The van der Waals surface area contributed by atoms with Crippen molar-refractivity contribution in [3.8, 4) is 0 Å². The lowest BCUT2D eigenvalue weighted by atomic mass is 9.94. The first-order chi connectivity index (χ1) is 17.7. The lowest BCUT2D eigenvalue weighted by Crippen LogP contribution is -2.59. The average molecular weight is 533 g/mol. The van der Waals surface area contributed by atoms with E-state index in [9.17, 15) is 19.2 Å². The Bertz CT molecular complexity index is 1100. The Morgan fingerprint density at radius 3 is 2.08 bits per heavy atom. The molecule has 11 nitrogen and oxygen atoms in total. The molecule has 0 radical (unpaired) electrons. The molecule has 1 aromatic carbocycles. The number of thiazole rings is 1. The zero-order valence-electron chi connectivity index (χ0n) is 21.2. The summed E-state index contributed by atoms with van der Waals surface area (Å²) in [5.74, 6) is -1.98. The third kappa shape index (κ3) is 7.89. The van der Waals surface area contributed by atoms with E-state index >= 15 is 0 Å². The Balaban J connectivity index is 1.70.